The maximum Gasteiger partial charge on any atom is 0.119 e. The second-order valence-corrected chi connectivity index (χ2v) is 5.65. The van der Waals surface area contributed by atoms with Crippen molar-refractivity contribution in [2.24, 2.45) is 0 Å². The first-order chi connectivity index (χ1) is 10.8. The topological polar surface area (TPSA) is 21.7 Å². The molecule has 0 amide bonds. The van der Waals surface area contributed by atoms with Gasteiger partial charge in [0, 0.05) is 19.6 Å². The van der Waals surface area contributed by atoms with Crippen LogP contribution < -0.4 is 4.74 Å². The molecule has 0 unspecified atom stereocenters. The summed E-state index contributed by atoms with van der Waals surface area (Å²) < 4.78 is 11.3. The van der Waals surface area contributed by atoms with Crippen molar-refractivity contribution in [1.29, 1.82) is 0 Å². The monoisotopic (exact) mass is 297 g/mol. The number of ether oxygens (including phenoxy) is 2. The highest BCUT2D eigenvalue weighted by Crippen LogP contribution is 2.26. The smallest absolute Gasteiger partial charge is 0.119 e. The van der Waals surface area contributed by atoms with Crippen molar-refractivity contribution in [1.82, 2.24) is 4.90 Å². The van der Waals surface area contributed by atoms with Gasteiger partial charge in [0.25, 0.3) is 0 Å². The molecule has 0 bridgehead atoms. The molecule has 0 atom stereocenters. The van der Waals surface area contributed by atoms with Gasteiger partial charge in [-0.1, -0.05) is 36.4 Å². The number of hydrogen-bond donors (Lipinski definition) is 0. The fourth-order valence-corrected chi connectivity index (χ4v) is 2.77. The Balaban J connectivity index is 1.60. The molecule has 116 valence electrons. The third-order valence-electron chi connectivity index (χ3n) is 4.07. The van der Waals surface area contributed by atoms with Gasteiger partial charge in [0.1, 0.15) is 12.4 Å². The van der Waals surface area contributed by atoms with Crippen LogP contribution in [0.2, 0.25) is 0 Å². The Morgan fingerprint density at radius 3 is 2.68 bits per heavy atom. The van der Waals surface area contributed by atoms with Gasteiger partial charge in [-0.2, -0.15) is 0 Å². The second-order valence-electron chi connectivity index (χ2n) is 5.65. The van der Waals surface area contributed by atoms with Crippen molar-refractivity contribution < 1.29 is 9.47 Å². The van der Waals surface area contributed by atoms with Crippen LogP contribution >= 0.6 is 0 Å². The van der Waals surface area contributed by atoms with Gasteiger partial charge < -0.3 is 9.47 Å². The summed E-state index contributed by atoms with van der Waals surface area (Å²) in [4.78, 5) is 2.38. The average molecular weight is 297 g/mol. The average Bonchev–Trinajstić information content (AvgIpc) is 2.57. The molecule has 1 heterocycles. The largest absolute Gasteiger partial charge is 0.492 e. The molecule has 0 N–H and O–H groups in total. The molecule has 3 heteroatoms. The van der Waals surface area contributed by atoms with Crippen molar-refractivity contribution in [2.75, 3.05) is 39.5 Å². The summed E-state index contributed by atoms with van der Waals surface area (Å²) in [6.45, 7) is 7.50. The van der Waals surface area contributed by atoms with E-state index in [1.807, 2.05) is 6.07 Å². The maximum atomic E-state index is 5.93. The van der Waals surface area contributed by atoms with E-state index in [1.165, 1.54) is 16.7 Å². The summed E-state index contributed by atoms with van der Waals surface area (Å²) in [5, 5.41) is 0. The Kier molecular flexibility index (Phi) is 5.09. The van der Waals surface area contributed by atoms with E-state index in [2.05, 4.69) is 54.3 Å². The van der Waals surface area contributed by atoms with Gasteiger partial charge in [-0.3, -0.25) is 4.90 Å². The van der Waals surface area contributed by atoms with Gasteiger partial charge in [-0.25, -0.2) is 0 Å². The predicted molar refractivity (Wildman–Crippen MR) is 89.4 cm³/mol. The molecule has 2 aromatic rings. The molecule has 0 saturated carbocycles. The Morgan fingerprint density at radius 2 is 1.86 bits per heavy atom. The fraction of sp³-hybridized carbons (Fsp3) is 0.368. The Bertz CT molecular complexity index is 606. The van der Waals surface area contributed by atoms with E-state index in [0.717, 1.165) is 45.2 Å². The number of morpholine rings is 1. The number of aryl methyl sites for hydroxylation is 1. The molecular weight excluding hydrogens is 274 g/mol. The van der Waals surface area contributed by atoms with E-state index < -0.39 is 0 Å². The molecule has 0 aromatic heterocycles. The summed E-state index contributed by atoms with van der Waals surface area (Å²) >= 11 is 0. The minimum atomic E-state index is 0.719. The SMILES string of the molecule is Cc1ccccc1-c1cccc(OCCN2CCOCC2)c1. The summed E-state index contributed by atoms with van der Waals surface area (Å²) in [6.07, 6.45) is 0. The van der Waals surface area contributed by atoms with Gasteiger partial charge in [0.2, 0.25) is 0 Å². The number of nitrogens with zero attached hydrogens (tertiary/aromatic N) is 1. The predicted octanol–water partition coefficient (Wildman–Crippen LogP) is 3.37. The van der Waals surface area contributed by atoms with Gasteiger partial charge in [-0.05, 0) is 35.7 Å². The zero-order chi connectivity index (χ0) is 15.2. The highest BCUT2D eigenvalue weighted by Gasteiger charge is 2.10. The minimum Gasteiger partial charge on any atom is -0.492 e. The first-order valence-corrected chi connectivity index (χ1v) is 7.92. The molecule has 1 saturated heterocycles. The van der Waals surface area contributed by atoms with E-state index >= 15 is 0 Å². The quantitative estimate of drug-likeness (QED) is 0.844. The zero-order valence-corrected chi connectivity index (χ0v) is 13.1. The standard InChI is InChI=1S/C19H23NO2/c1-16-5-2-3-8-19(16)17-6-4-7-18(15-17)22-14-11-20-9-12-21-13-10-20/h2-8,15H,9-14H2,1H3. The minimum absolute atomic E-state index is 0.719. The fourth-order valence-electron chi connectivity index (χ4n) is 2.77. The highest BCUT2D eigenvalue weighted by atomic mass is 16.5. The summed E-state index contributed by atoms with van der Waals surface area (Å²) in [7, 11) is 0. The van der Waals surface area contributed by atoms with Crippen LogP contribution in [0.3, 0.4) is 0 Å². The summed E-state index contributed by atoms with van der Waals surface area (Å²) in [6, 6.07) is 16.8. The first-order valence-electron chi connectivity index (χ1n) is 7.92. The zero-order valence-electron chi connectivity index (χ0n) is 13.1. The number of rotatable bonds is 5. The lowest BCUT2D eigenvalue weighted by Gasteiger charge is -2.26. The molecule has 1 fully saturated rings. The third-order valence-corrected chi connectivity index (χ3v) is 4.07. The van der Waals surface area contributed by atoms with Crippen LogP contribution in [-0.4, -0.2) is 44.4 Å². The Morgan fingerprint density at radius 1 is 1.05 bits per heavy atom. The van der Waals surface area contributed by atoms with E-state index in [1.54, 1.807) is 0 Å². The van der Waals surface area contributed by atoms with Crippen LogP contribution in [0.1, 0.15) is 5.56 Å². The van der Waals surface area contributed by atoms with Crippen LogP contribution in [0.4, 0.5) is 0 Å². The van der Waals surface area contributed by atoms with Crippen LogP contribution in [0.15, 0.2) is 48.5 Å². The molecule has 22 heavy (non-hydrogen) atoms. The molecule has 1 aliphatic rings. The lowest BCUT2D eigenvalue weighted by molar-refractivity contribution is 0.0322. The second kappa shape index (κ2) is 7.43. The first kappa shape index (κ1) is 15.1. The molecule has 0 spiro atoms. The van der Waals surface area contributed by atoms with Gasteiger partial charge >= 0.3 is 0 Å². The van der Waals surface area contributed by atoms with Crippen LogP contribution in [0, 0.1) is 6.92 Å². The number of benzene rings is 2. The van der Waals surface area contributed by atoms with Crippen LogP contribution in [-0.2, 0) is 4.74 Å². The van der Waals surface area contributed by atoms with Gasteiger partial charge in [0.15, 0.2) is 0 Å². The van der Waals surface area contributed by atoms with Crippen LogP contribution in [0.5, 0.6) is 5.75 Å². The summed E-state index contributed by atoms with van der Waals surface area (Å²) in [5.74, 6) is 0.939. The highest BCUT2D eigenvalue weighted by molar-refractivity contribution is 5.68. The molecule has 2 aromatic carbocycles. The lowest BCUT2D eigenvalue weighted by atomic mass is 10.0. The molecular formula is C19H23NO2. The van der Waals surface area contributed by atoms with E-state index in [4.69, 9.17) is 9.47 Å². The van der Waals surface area contributed by atoms with E-state index in [9.17, 15) is 0 Å². The lowest BCUT2D eigenvalue weighted by Crippen LogP contribution is -2.38. The van der Waals surface area contributed by atoms with Gasteiger partial charge in [-0.15, -0.1) is 0 Å². The van der Waals surface area contributed by atoms with Crippen molar-refractivity contribution in [3.05, 3.63) is 54.1 Å². The van der Waals surface area contributed by atoms with Crippen molar-refractivity contribution in [3.8, 4) is 16.9 Å². The van der Waals surface area contributed by atoms with Crippen LogP contribution in [0.25, 0.3) is 11.1 Å². The Hall–Kier alpha value is -1.84. The maximum absolute atomic E-state index is 5.93. The molecule has 3 rings (SSSR count). The molecule has 0 aliphatic carbocycles. The molecule has 3 nitrogen and oxygen atoms in total. The molecule has 0 radical (unpaired) electrons. The third kappa shape index (κ3) is 3.87. The molecule has 1 aliphatic heterocycles. The van der Waals surface area contributed by atoms with E-state index in [0.29, 0.717) is 0 Å². The Labute approximate surface area is 132 Å². The summed E-state index contributed by atoms with van der Waals surface area (Å²) in [5.41, 5.74) is 3.76. The normalized spacial score (nSPS) is 15.7. The van der Waals surface area contributed by atoms with E-state index in [-0.39, 0.29) is 0 Å². The van der Waals surface area contributed by atoms with Crippen molar-refractivity contribution >= 4 is 0 Å². The number of hydrogen-bond acceptors (Lipinski definition) is 3. The van der Waals surface area contributed by atoms with Crippen molar-refractivity contribution in [3.63, 3.8) is 0 Å². The van der Waals surface area contributed by atoms with Crippen molar-refractivity contribution in [2.45, 2.75) is 6.92 Å². The van der Waals surface area contributed by atoms with Gasteiger partial charge in [0.05, 0.1) is 13.2 Å².